The Morgan fingerprint density at radius 1 is 1.25 bits per heavy atom. The summed E-state index contributed by atoms with van der Waals surface area (Å²) in [6.45, 7) is 4.18. The largest absolute Gasteiger partial charge is 0.349 e. The van der Waals surface area contributed by atoms with Crippen molar-refractivity contribution in [1.29, 1.82) is 0 Å². The zero-order valence-electron chi connectivity index (χ0n) is 9.50. The molecule has 0 radical (unpaired) electrons. The van der Waals surface area contributed by atoms with Gasteiger partial charge in [-0.2, -0.15) is 0 Å². The van der Waals surface area contributed by atoms with Gasteiger partial charge in [0.2, 0.25) is 0 Å². The Labute approximate surface area is 101 Å². The number of nitrogens with zero attached hydrogens (tertiary/aromatic N) is 1. The van der Waals surface area contributed by atoms with Crippen molar-refractivity contribution in [2.24, 2.45) is 0 Å². The molecule has 1 heterocycles. The van der Waals surface area contributed by atoms with E-state index in [9.17, 15) is 0 Å². The van der Waals surface area contributed by atoms with Crippen LogP contribution in [-0.4, -0.2) is 9.97 Å². The molecule has 0 saturated heterocycles. The van der Waals surface area contributed by atoms with Gasteiger partial charge in [-0.25, -0.2) is 4.98 Å². The number of aryl methyl sites for hydroxylation is 2. The van der Waals surface area contributed by atoms with E-state index in [0.717, 1.165) is 17.8 Å². The number of hydrogen-bond acceptors (Lipinski definition) is 1. The zero-order valence-corrected chi connectivity index (χ0v) is 10.3. The van der Waals surface area contributed by atoms with E-state index >= 15 is 0 Å². The number of imidazole rings is 1. The van der Waals surface area contributed by atoms with Crippen LogP contribution in [0, 0.1) is 13.8 Å². The van der Waals surface area contributed by atoms with Crippen molar-refractivity contribution < 1.29 is 0 Å². The monoisotopic (exact) mass is 234 g/mol. The Morgan fingerprint density at radius 3 is 2.50 bits per heavy atom. The Bertz CT molecular complexity index is 443. The minimum absolute atomic E-state index is 0.0234. The first-order valence-corrected chi connectivity index (χ1v) is 5.79. The number of hydrogen-bond donors (Lipinski definition) is 1. The Kier molecular flexibility index (Phi) is 3.30. The van der Waals surface area contributed by atoms with Crippen LogP contribution in [0.2, 0.25) is 0 Å². The van der Waals surface area contributed by atoms with Crippen LogP contribution in [0.4, 0.5) is 0 Å². The molecule has 1 unspecified atom stereocenters. The SMILES string of the molecule is Cc1cc(C)cc(C(Cl)Cc2ncc[nH]2)c1. The van der Waals surface area contributed by atoms with Crippen molar-refractivity contribution in [3.63, 3.8) is 0 Å². The van der Waals surface area contributed by atoms with Crippen LogP contribution >= 0.6 is 11.6 Å². The van der Waals surface area contributed by atoms with E-state index in [1.54, 1.807) is 6.20 Å². The topological polar surface area (TPSA) is 28.7 Å². The predicted octanol–water partition coefficient (Wildman–Crippen LogP) is 3.55. The molecule has 0 aliphatic rings. The first-order chi connectivity index (χ1) is 7.65. The van der Waals surface area contributed by atoms with E-state index in [2.05, 4.69) is 42.0 Å². The summed E-state index contributed by atoms with van der Waals surface area (Å²) in [5.74, 6) is 0.930. The fourth-order valence-electron chi connectivity index (χ4n) is 1.89. The van der Waals surface area contributed by atoms with Crippen LogP contribution < -0.4 is 0 Å². The molecule has 0 fully saturated rings. The number of aromatic nitrogens is 2. The fourth-order valence-corrected chi connectivity index (χ4v) is 2.16. The molecule has 1 N–H and O–H groups in total. The summed E-state index contributed by atoms with van der Waals surface area (Å²) < 4.78 is 0. The lowest BCUT2D eigenvalue weighted by Crippen LogP contribution is -1.98. The number of benzene rings is 1. The number of halogens is 1. The molecule has 0 bridgehead atoms. The number of rotatable bonds is 3. The molecule has 2 rings (SSSR count). The fraction of sp³-hybridized carbons (Fsp3) is 0.308. The van der Waals surface area contributed by atoms with Crippen LogP contribution in [0.5, 0.6) is 0 Å². The number of aromatic amines is 1. The molecule has 2 nitrogen and oxygen atoms in total. The first kappa shape index (κ1) is 11.2. The van der Waals surface area contributed by atoms with Crippen molar-refractivity contribution in [3.05, 3.63) is 53.1 Å². The molecule has 0 aliphatic carbocycles. The maximum absolute atomic E-state index is 6.38. The molecule has 1 aromatic heterocycles. The molecular formula is C13H15ClN2. The minimum atomic E-state index is -0.0234. The van der Waals surface area contributed by atoms with Crippen molar-refractivity contribution in [2.45, 2.75) is 25.6 Å². The van der Waals surface area contributed by atoms with Crippen LogP contribution in [0.25, 0.3) is 0 Å². The molecule has 2 aromatic rings. The van der Waals surface area contributed by atoms with Gasteiger partial charge in [0.1, 0.15) is 5.82 Å². The Hall–Kier alpha value is -1.28. The van der Waals surface area contributed by atoms with Gasteiger partial charge < -0.3 is 4.98 Å². The average molecular weight is 235 g/mol. The van der Waals surface area contributed by atoms with Crippen LogP contribution in [-0.2, 0) is 6.42 Å². The van der Waals surface area contributed by atoms with Gasteiger partial charge in [0.15, 0.2) is 0 Å². The second-order valence-electron chi connectivity index (χ2n) is 4.13. The van der Waals surface area contributed by atoms with Gasteiger partial charge in [0, 0.05) is 18.8 Å². The minimum Gasteiger partial charge on any atom is -0.349 e. The quantitative estimate of drug-likeness (QED) is 0.809. The first-order valence-electron chi connectivity index (χ1n) is 5.35. The van der Waals surface area contributed by atoms with E-state index in [-0.39, 0.29) is 5.38 Å². The number of alkyl halides is 1. The number of nitrogens with one attached hydrogen (secondary N) is 1. The summed E-state index contributed by atoms with van der Waals surface area (Å²) in [6, 6.07) is 6.42. The summed E-state index contributed by atoms with van der Waals surface area (Å²) in [4.78, 5) is 7.26. The summed E-state index contributed by atoms with van der Waals surface area (Å²) in [7, 11) is 0. The van der Waals surface area contributed by atoms with E-state index in [4.69, 9.17) is 11.6 Å². The molecule has 0 saturated carbocycles. The molecule has 1 aromatic carbocycles. The highest BCUT2D eigenvalue weighted by molar-refractivity contribution is 6.20. The van der Waals surface area contributed by atoms with Crippen LogP contribution in [0.3, 0.4) is 0 Å². The molecule has 0 amide bonds. The standard InChI is InChI=1S/C13H15ClN2/c1-9-5-10(2)7-11(6-9)12(14)8-13-15-3-4-16-13/h3-7,12H,8H2,1-2H3,(H,15,16). The van der Waals surface area contributed by atoms with Gasteiger partial charge in [-0.15, -0.1) is 11.6 Å². The smallest absolute Gasteiger partial charge is 0.107 e. The van der Waals surface area contributed by atoms with Gasteiger partial charge in [-0.3, -0.25) is 0 Å². The van der Waals surface area contributed by atoms with E-state index in [1.165, 1.54) is 11.1 Å². The van der Waals surface area contributed by atoms with E-state index < -0.39 is 0 Å². The second-order valence-corrected chi connectivity index (χ2v) is 4.66. The highest BCUT2D eigenvalue weighted by Gasteiger charge is 2.11. The summed E-state index contributed by atoms with van der Waals surface area (Å²) in [5, 5.41) is -0.0234. The van der Waals surface area contributed by atoms with Crippen LogP contribution in [0.1, 0.15) is 27.9 Å². The molecule has 84 valence electrons. The zero-order chi connectivity index (χ0) is 11.5. The van der Waals surface area contributed by atoms with E-state index in [1.807, 2.05) is 6.20 Å². The highest BCUT2D eigenvalue weighted by Crippen LogP contribution is 2.25. The van der Waals surface area contributed by atoms with Gasteiger partial charge in [0.05, 0.1) is 5.38 Å². The molecule has 16 heavy (non-hydrogen) atoms. The summed E-state index contributed by atoms with van der Waals surface area (Å²) >= 11 is 6.38. The lowest BCUT2D eigenvalue weighted by atomic mass is 10.0. The maximum Gasteiger partial charge on any atom is 0.107 e. The summed E-state index contributed by atoms with van der Waals surface area (Å²) in [6.07, 6.45) is 4.30. The normalized spacial score (nSPS) is 12.7. The molecular weight excluding hydrogens is 220 g/mol. The molecule has 0 spiro atoms. The Balaban J connectivity index is 2.17. The second kappa shape index (κ2) is 4.71. The lowest BCUT2D eigenvalue weighted by Gasteiger charge is -2.10. The predicted molar refractivity (Wildman–Crippen MR) is 66.8 cm³/mol. The molecule has 0 aliphatic heterocycles. The Morgan fingerprint density at radius 2 is 1.94 bits per heavy atom. The molecule has 1 atom stereocenters. The van der Waals surface area contributed by atoms with Crippen molar-refractivity contribution >= 4 is 11.6 Å². The number of H-pyrrole nitrogens is 1. The average Bonchev–Trinajstić information content (AvgIpc) is 2.68. The summed E-state index contributed by atoms with van der Waals surface area (Å²) in [5.41, 5.74) is 3.66. The molecule has 3 heteroatoms. The maximum atomic E-state index is 6.38. The van der Waals surface area contributed by atoms with Gasteiger partial charge >= 0.3 is 0 Å². The van der Waals surface area contributed by atoms with Crippen molar-refractivity contribution in [1.82, 2.24) is 9.97 Å². The third kappa shape index (κ3) is 2.64. The van der Waals surface area contributed by atoms with Gasteiger partial charge in [-0.05, 0) is 19.4 Å². The lowest BCUT2D eigenvalue weighted by molar-refractivity contribution is 0.853. The van der Waals surface area contributed by atoms with Gasteiger partial charge in [0.25, 0.3) is 0 Å². The van der Waals surface area contributed by atoms with E-state index in [0.29, 0.717) is 0 Å². The van der Waals surface area contributed by atoms with Crippen molar-refractivity contribution in [3.8, 4) is 0 Å². The highest BCUT2D eigenvalue weighted by atomic mass is 35.5. The van der Waals surface area contributed by atoms with Gasteiger partial charge in [-0.1, -0.05) is 29.3 Å². The third-order valence-corrected chi connectivity index (χ3v) is 2.94. The van der Waals surface area contributed by atoms with Crippen molar-refractivity contribution in [2.75, 3.05) is 0 Å². The third-order valence-electron chi connectivity index (χ3n) is 2.53. The van der Waals surface area contributed by atoms with Crippen LogP contribution in [0.15, 0.2) is 30.6 Å².